The summed E-state index contributed by atoms with van der Waals surface area (Å²) >= 11 is 2.37. The van der Waals surface area contributed by atoms with Gasteiger partial charge < -0.3 is 10.1 Å². The van der Waals surface area contributed by atoms with Crippen LogP contribution in [0.3, 0.4) is 0 Å². The van der Waals surface area contributed by atoms with E-state index in [1.54, 1.807) is 7.11 Å². The van der Waals surface area contributed by atoms with Crippen LogP contribution in [-0.2, 0) is 11.8 Å². The zero-order chi connectivity index (χ0) is 12.5. The summed E-state index contributed by atoms with van der Waals surface area (Å²) in [7, 11) is 1.75. The predicted octanol–water partition coefficient (Wildman–Crippen LogP) is 3.11. The van der Waals surface area contributed by atoms with Gasteiger partial charge in [0.25, 0.3) is 0 Å². The molecule has 1 aliphatic heterocycles. The number of benzene rings is 1. The Hall–Kier alpha value is -0.290. The van der Waals surface area contributed by atoms with E-state index in [9.17, 15) is 0 Å². The number of nitrogens with one attached hydrogen (secondary N) is 1. The number of hydrogen-bond acceptors (Lipinski definition) is 2. The molecule has 2 nitrogen and oxygen atoms in total. The standard InChI is InChI=1S/C14H20INO/c1-4-14(2)9-16-6-5-10-7-13(17-3)12(15)8-11(10)14/h7-8,16H,4-6,9H2,1-3H3. The highest BCUT2D eigenvalue weighted by Crippen LogP contribution is 2.36. The first-order valence-electron chi connectivity index (χ1n) is 6.18. The molecule has 1 N–H and O–H groups in total. The first kappa shape index (κ1) is 13.1. The Morgan fingerprint density at radius 2 is 2.24 bits per heavy atom. The van der Waals surface area contributed by atoms with Crippen molar-refractivity contribution in [1.29, 1.82) is 0 Å². The number of fused-ring (bicyclic) bond motifs is 1. The molecule has 0 fully saturated rings. The van der Waals surface area contributed by atoms with Crippen molar-refractivity contribution in [3.8, 4) is 5.75 Å². The van der Waals surface area contributed by atoms with Crippen molar-refractivity contribution in [2.24, 2.45) is 0 Å². The Balaban J connectivity index is 2.55. The minimum absolute atomic E-state index is 0.248. The maximum atomic E-state index is 5.43. The lowest BCUT2D eigenvalue weighted by atomic mass is 9.78. The van der Waals surface area contributed by atoms with Crippen molar-refractivity contribution in [2.45, 2.75) is 32.1 Å². The molecule has 2 rings (SSSR count). The van der Waals surface area contributed by atoms with Gasteiger partial charge in [0.2, 0.25) is 0 Å². The fraction of sp³-hybridized carbons (Fsp3) is 0.571. The molecule has 0 radical (unpaired) electrons. The lowest BCUT2D eigenvalue weighted by Gasteiger charge is -2.29. The third-order valence-electron chi connectivity index (χ3n) is 3.89. The highest BCUT2D eigenvalue weighted by Gasteiger charge is 2.29. The Morgan fingerprint density at radius 3 is 2.88 bits per heavy atom. The van der Waals surface area contributed by atoms with Gasteiger partial charge in [-0.2, -0.15) is 0 Å². The maximum absolute atomic E-state index is 5.43. The molecule has 0 aromatic heterocycles. The highest BCUT2D eigenvalue weighted by atomic mass is 127. The summed E-state index contributed by atoms with van der Waals surface area (Å²) in [5.74, 6) is 1.00. The smallest absolute Gasteiger partial charge is 0.132 e. The van der Waals surface area contributed by atoms with Crippen LogP contribution >= 0.6 is 22.6 Å². The Morgan fingerprint density at radius 1 is 1.47 bits per heavy atom. The van der Waals surface area contributed by atoms with E-state index in [2.05, 4.69) is 53.9 Å². The molecule has 0 spiro atoms. The number of methoxy groups -OCH3 is 1. The van der Waals surface area contributed by atoms with Crippen LogP contribution < -0.4 is 10.1 Å². The molecule has 1 aromatic rings. The second-order valence-corrected chi connectivity index (χ2v) is 6.15. The van der Waals surface area contributed by atoms with Crippen LogP contribution in [0.15, 0.2) is 12.1 Å². The normalized spacial score (nSPS) is 24.0. The summed E-state index contributed by atoms with van der Waals surface area (Å²) in [6.07, 6.45) is 2.26. The molecule has 0 saturated carbocycles. The van der Waals surface area contributed by atoms with E-state index in [1.807, 2.05) is 0 Å². The molecule has 1 aliphatic rings. The first-order chi connectivity index (χ1) is 8.10. The van der Waals surface area contributed by atoms with Crippen molar-refractivity contribution in [2.75, 3.05) is 20.2 Å². The largest absolute Gasteiger partial charge is 0.496 e. The average molecular weight is 345 g/mol. The van der Waals surface area contributed by atoms with Gasteiger partial charge in [-0.05, 0) is 65.2 Å². The molecule has 3 heteroatoms. The molecular weight excluding hydrogens is 325 g/mol. The quantitative estimate of drug-likeness (QED) is 0.832. The first-order valence-corrected chi connectivity index (χ1v) is 7.26. The minimum atomic E-state index is 0.248. The van der Waals surface area contributed by atoms with Crippen LogP contribution in [0.1, 0.15) is 31.4 Å². The van der Waals surface area contributed by atoms with Gasteiger partial charge in [-0.1, -0.05) is 13.8 Å². The SMILES string of the molecule is CCC1(C)CNCCc2cc(OC)c(I)cc21. The third-order valence-corrected chi connectivity index (χ3v) is 4.74. The Labute approximate surface area is 117 Å². The zero-order valence-corrected chi connectivity index (χ0v) is 12.9. The number of hydrogen-bond donors (Lipinski definition) is 1. The van der Waals surface area contributed by atoms with Crippen molar-refractivity contribution >= 4 is 22.6 Å². The second kappa shape index (κ2) is 5.14. The van der Waals surface area contributed by atoms with Gasteiger partial charge in [0, 0.05) is 12.0 Å². The van der Waals surface area contributed by atoms with Crippen molar-refractivity contribution in [3.63, 3.8) is 0 Å². The van der Waals surface area contributed by atoms with Crippen molar-refractivity contribution in [3.05, 3.63) is 26.8 Å². The van der Waals surface area contributed by atoms with E-state index in [0.29, 0.717) is 0 Å². The van der Waals surface area contributed by atoms with Gasteiger partial charge in [-0.25, -0.2) is 0 Å². The van der Waals surface area contributed by atoms with Crippen LogP contribution in [0.4, 0.5) is 0 Å². The van der Waals surface area contributed by atoms with Crippen LogP contribution in [-0.4, -0.2) is 20.2 Å². The summed E-state index contributed by atoms with van der Waals surface area (Å²) in [5.41, 5.74) is 3.18. The molecule has 0 amide bonds. The number of halogens is 1. The summed E-state index contributed by atoms with van der Waals surface area (Å²) < 4.78 is 6.64. The fourth-order valence-electron chi connectivity index (χ4n) is 2.52. The van der Waals surface area contributed by atoms with Gasteiger partial charge in [0.05, 0.1) is 10.7 Å². The van der Waals surface area contributed by atoms with E-state index in [-0.39, 0.29) is 5.41 Å². The summed E-state index contributed by atoms with van der Waals surface area (Å²) in [5, 5.41) is 3.55. The fourth-order valence-corrected chi connectivity index (χ4v) is 3.21. The van der Waals surface area contributed by atoms with E-state index in [1.165, 1.54) is 14.7 Å². The lowest BCUT2D eigenvalue weighted by Crippen LogP contribution is -2.33. The number of ether oxygens (including phenoxy) is 1. The molecule has 1 aromatic carbocycles. The van der Waals surface area contributed by atoms with E-state index >= 15 is 0 Å². The van der Waals surface area contributed by atoms with Crippen LogP contribution in [0.25, 0.3) is 0 Å². The highest BCUT2D eigenvalue weighted by molar-refractivity contribution is 14.1. The molecule has 1 heterocycles. The van der Waals surface area contributed by atoms with E-state index < -0.39 is 0 Å². The van der Waals surface area contributed by atoms with Crippen molar-refractivity contribution < 1.29 is 4.74 Å². The Kier molecular flexibility index (Phi) is 3.98. The lowest BCUT2D eigenvalue weighted by molar-refractivity contribution is 0.408. The molecule has 17 heavy (non-hydrogen) atoms. The minimum Gasteiger partial charge on any atom is -0.496 e. The molecule has 1 atom stereocenters. The van der Waals surface area contributed by atoms with E-state index in [4.69, 9.17) is 4.74 Å². The Bertz CT molecular complexity index is 419. The van der Waals surface area contributed by atoms with Crippen LogP contribution in [0, 0.1) is 3.57 Å². The molecule has 0 saturated heterocycles. The third kappa shape index (κ3) is 2.45. The molecule has 1 unspecified atom stereocenters. The van der Waals surface area contributed by atoms with E-state index in [0.717, 1.165) is 31.7 Å². The molecular formula is C14H20INO. The molecule has 0 aliphatic carbocycles. The maximum Gasteiger partial charge on any atom is 0.132 e. The summed E-state index contributed by atoms with van der Waals surface area (Å²) in [4.78, 5) is 0. The van der Waals surface area contributed by atoms with Gasteiger partial charge in [-0.15, -0.1) is 0 Å². The average Bonchev–Trinajstić information content (AvgIpc) is 2.49. The summed E-state index contributed by atoms with van der Waals surface area (Å²) in [6.45, 7) is 6.76. The van der Waals surface area contributed by atoms with Gasteiger partial charge in [0.15, 0.2) is 0 Å². The zero-order valence-electron chi connectivity index (χ0n) is 10.8. The number of rotatable bonds is 2. The predicted molar refractivity (Wildman–Crippen MR) is 79.9 cm³/mol. The topological polar surface area (TPSA) is 21.3 Å². The van der Waals surface area contributed by atoms with Crippen molar-refractivity contribution in [1.82, 2.24) is 5.32 Å². The monoisotopic (exact) mass is 345 g/mol. The van der Waals surface area contributed by atoms with Crippen LogP contribution in [0.5, 0.6) is 5.75 Å². The second-order valence-electron chi connectivity index (χ2n) is 4.98. The van der Waals surface area contributed by atoms with Gasteiger partial charge >= 0.3 is 0 Å². The van der Waals surface area contributed by atoms with Crippen LogP contribution in [0.2, 0.25) is 0 Å². The summed E-state index contributed by atoms with van der Waals surface area (Å²) in [6, 6.07) is 4.53. The van der Waals surface area contributed by atoms with Gasteiger partial charge in [0.1, 0.15) is 5.75 Å². The van der Waals surface area contributed by atoms with Gasteiger partial charge in [-0.3, -0.25) is 0 Å². The molecule has 0 bridgehead atoms. The molecule has 94 valence electrons.